The van der Waals surface area contributed by atoms with Gasteiger partial charge in [-0.05, 0) is 6.92 Å². The van der Waals surface area contributed by atoms with Crippen LogP contribution in [0.25, 0.3) is 11.1 Å². The minimum Gasteiger partial charge on any atom is -0.385 e. The molecule has 4 atom stereocenters. The van der Waals surface area contributed by atoms with E-state index in [1.807, 2.05) is 0 Å². The first-order valence-electron chi connectivity index (χ1n) is 5.71. The molecule has 6 N–H and O–H groups in total. The van der Waals surface area contributed by atoms with Crippen molar-refractivity contribution in [3.05, 3.63) is 16.0 Å². The van der Waals surface area contributed by atoms with Gasteiger partial charge < -0.3 is 30.3 Å². The highest BCUT2D eigenvalue weighted by Gasteiger charge is 2.54. The highest BCUT2D eigenvalue weighted by Crippen LogP contribution is 2.41. The van der Waals surface area contributed by atoms with Gasteiger partial charge in [0.05, 0.1) is 0 Å². The van der Waals surface area contributed by atoms with Crippen molar-refractivity contribution in [2.24, 2.45) is 0 Å². The van der Waals surface area contributed by atoms with Crippen LogP contribution in [0.15, 0.2) is 9.32 Å². The van der Waals surface area contributed by atoms with Gasteiger partial charge in [0.15, 0.2) is 6.29 Å². The van der Waals surface area contributed by atoms with Crippen molar-refractivity contribution in [3.63, 3.8) is 0 Å². The first-order chi connectivity index (χ1) is 9.32. The van der Waals surface area contributed by atoms with E-state index in [9.17, 15) is 20.1 Å². The van der Waals surface area contributed by atoms with Crippen molar-refractivity contribution in [2.75, 3.05) is 5.73 Å². The van der Waals surface area contributed by atoms with Crippen LogP contribution in [0, 0.1) is 0 Å². The molecular weight excluding hydrogens is 272 g/mol. The first-order valence-corrected chi connectivity index (χ1v) is 5.71. The third-order valence-corrected chi connectivity index (χ3v) is 3.30. The summed E-state index contributed by atoms with van der Waals surface area (Å²) in [4.78, 5) is 17.7. The summed E-state index contributed by atoms with van der Waals surface area (Å²) < 4.78 is 9.91. The van der Waals surface area contributed by atoms with Crippen LogP contribution in [-0.2, 0) is 4.74 Å². The Morgan fingerprint density at radius 3 is 2.75 bits per heavy atom. The lowest BCUT2D eigenvalue weighted by molar-refractivity contribution is -0.129. The Hall–Kier alpha value is -2.01. The normalized spacial score (nSPS) is 33.9. The van der Waals surface area contributed by atoms with Crippen LogP contribution in [0.5, 0.6) is 0 Å². The third kappa shape index (κ3) is 1.63. The van der Waals surface area contributed by atoms with E-state index in [4.69, 9.17) is 15.0 Å². The Kier molecular flexibility index (Phi) is 2.59. The topological polar surface area (TPSA) is 168 Å². The lowest BCUT2D eigenvalue weighted by Gasteiger charge is -2.24. The number of nitrogens with two attached hydrogens (primary N) is 1. The Balaban J connectivity index is 2.19. The Bertz CT molecular complexity index is 722. The van der Waals surface area contributed by atoms with Gasteiger partial charge in [-0.15, -0.1) is 0 Å². The summed E-state index contributed by atoms with van der Waals surface area (Å²) >= 11 is 0. The zero-order valence-electron chi connectivity index (χ0n) is 10.3. The predicted octanol–water partition coefficient (Wildman–Crippen LogP) is -2.01. The van der Waals surface area contributed by atoms with E-state index in [-0.39, 0.29) is 22.7 Å². The number of H-pyrrole nitrogens is 1. The number of aliphatic hydroxyl groups is 3. The summed E-state index contributed by atoms with van der Waals surface area (Å²) in [5.74, 6) is -0.161. The van der Waals surface area contributed by atoms with Crippen molar-refractivity contribution >= 4 is 17.0 Å². The van der Waals surface area contributed by atoms with E-state index in [0.29, 0.717) is 0 Å². The zero-order chi connectivity index (χ0) is 14.7. The number of nitrogen functional groups attached to an aromatic ring is 1. The number of nitrogens with zero attached hydrogens (tertiary/aromatic N) is 2. The summed E-state index contributed by atoms with van der Waals surface area (Å²) in [5, 5.41) is 33.0. The molecule has 20 heavy (non-hydrogen) atoms. The summed E-state index contributed by atoms with van der Waals surface area (Å²) in [7, 11) is 0. The highest BCUT2D eigenvalue weighted by molar-refractivity contribution is 5.75. The number of ether oxygens (including phenoxy) is 1. The van der Waals surface area contributed by atoms with Crippen molar-refractivity contribution < 1.29 is 24.6 Å². The average molecular weight is 284 g/mol. The lowest BCUT2D eigenvalue weighted by Crippen LogP contribution is -2.42. The minimum absolute atomic E-state index is 0.00201. The molecule has 0 spiro atoms. The molecule has 0 amide bonds. The Morgan fingerprint density at radius 1 is 1.45 bits per heavy atom. The number of aromatic amines is 1. The summed E-state index contributed by atoms with van der Waals surface area (Å²) in [6, 6.07) is 0. The second kappa shape index (κ2) is 3.99. The van der Waals surface area contributed by atoms with Crippen LogP contribution in [0.2, 0.25) is 0 Å². The number of rotatable bonds is 1. The highest BCUT2D eigenvalue weighted by atomic mass is 16.6. The van der Waals surface area contributed by atoms with Gasteiger partial charge in [0.1, 0.15) is 29.0 Å². The molecule has 1 unspecified atom stereocenters. The molecule has 0 bridgehead atoms. The number of aromatic nitrogens is 3. The first kappa shape index (κ1) is 13.0. The fourth-order valence-corrected chi connectivity index (χ4v) is 2.18. The van der Waals surface area contributed by atoms with Gasteiger partial charge in [-0.3, -0.25) is 9.78 Å². The van der Waals surface area contributed by atoms with E-state index >= 15 is 0 Å². The molecular formula is C10H12N4O6. The fraction of sp³-hybridized carbons (Fsp3) is 0.500. The summed E-state index contributed by atoms with van der Waals surface area (Å²) in [5.41, 5.74) is 2.75. The molecule has 0 aromatic carbocycles. The van der Waals surface area contributed by atoms with Crippen molar-refractivity contribution in [1.82, 2.24) is 15.1 Å². The minimum atomic E-state index is -1.83. The van der Waals surface area contributed by atoms with Gasteiger partial charge in [0.2, 0.25) is 5.95 Å². The molecule has 1 aliphatic heterocycles. The molecule has 0 radical (unpaired) electrons. The van der Waals surface area contributed by atoms with E-state index in [1.165, 1.54) is 6.92 Å². The third-order valence-electron chi connectivity index (χ3n) is 3.30. The molecule has 10 heteroatoms. The van der Waals surface area contributed by atoms with E-state index in [1.54, 1.807) is 0 Å². The van der Waals surface area contributed by atoms with Crippen LogP contribution >= 0.6 is 0 Å². The van der Waals surface area contributed by atoms with Crippen molar-refractivity contribution in [3.8, 4) is 0 Å². The van der Waals surface area contributed by atoms with Gasteiger partial charge >= 0.3 is 0 Å². The van der Waals surface area contributed by atoms with E-state index < -0.39 is 29.7 Å². The summed E-state index contributed by atoms with van der Waals surface area (Å²) in [6.45, 7) is 1.26. The number of nitrogens with one attached hydrogen (secondary N) is 1. The number of fused-ring (bicyclic) bond motifs is 1. The number of hydrogen-bond acceptors (Lipinski definition) is 9. The molecule has 108 valence electrons. The molecule has 2 aromatic heterocycles. The van der Waals surface area contributed by atoms with E-state index in [2.05, 4.69) is 15.1 Å². The van der Waals surface area contributed by atoms with Gasteiger partial charge in [-0.25, -0.2) is 4.98 Å². The predicted molar refractivity (Wildman–Crippen MR) is 63.3 cm³/mol. The smallest absolute Gasteiger partial charge is 0.298 e. The zero-order valence-corrected chi connectivity index (χ0v) is 10.3. The van der Waals surface area contributed by atoms with Gasteiger partial charge in [0.25, 0.3) is 11.1 Å². The maximum Gasteiger partial charge on any atom is 0.298 e. The maximum absolute atomic E-state index is 11.6. The molecule has 3 rings (SSSR count). The molecule has 0 saturated carbocycles. The van der Waals surface area contributed by atoms with Crippen LogP contribution in [0.1, 0.15) is 18.7 Å². The number of hydrogen-bond donors (Lipinski definition) is 5. The fourth-order valence-electron chi connectivity index (χ4n) is 2.18. The van der Waals surface area contributed by atoms with Gasteiger partial charge in [-0.2, -0.15) is 0 Å². The van der Waals surface area contributed by atoms with Crippen LogP contribution in [0.3, 0.4) is 0 Å². The maximum atomic E-state index is 11.6. The van der Waals surface area contributed by atoms with Crippen LogP contribution in [-0.4, -0.2) is 48.4 Å². The lowest BCUT2D eigenvalue weighted by atomic mass is 9.92. The Morgan fingerprint density at radius 2 is 2.15 bits per heavy atom. The standard InChI is InChI=1S/C10H12N4O6/c1-10(18)5(15)8(17)19-6(10)3-2-4(20-14-3)7(16)13-9(11)12-2/h5-6,8,15,17-18H,1H3,(H3,11,12,13,16)/t5-,6+,8?,10-/m1/s1. The number of anilines is 1. The quantitative estimate of drug-likeness (QED) is 0.397. The molecule has 1 fully saturated rings. The van der Waals surface area contributed by atoms with Crippen LogP contribution in [0.4, 0.5) is 5.95 Å². The molecule has 1 aliphatic rings. The van der Waals surface area contributed by atoms with Gasteiger partial charge in [-0.1, -0.05) is 5.16 Å². The second-order valence-corrected chi connectivity index (χ2v) is 4.77. The summed E-state index contributed by atoms with van der Waals surface area (Å²) in [6.07, 6.45) is -4.36. The molecule has 2 aromatic rings. The second-order valence-electron chi connectivity index (χ2n) is 4.77. The molecule has 10 nitrogen and oxygen atoms in total. The SMILES string of the molecule is C[C@@]1(O)[C@H](O)C(O)O[C@H]1c1noc2c(=O)[nH]c(N)nc12. The monoisotopic (exact) mass is 284 g/mol. The van der Waals surface area contributed by atoms with E-state index in [0.717, 1.165) is 0 Å². The average Bonchev–Trinajstić information content (AvgIpc) is 2.85. The van der Waals surface area contributed by atoms with Gasteiger partial charge in [0, 0.05) is 0 Å². The van der Waals surface area contributed by atoms with Crippen molar-refractivity contribution in [2.45, 2.75) is 31.0 Å². The largest absolute Gasteiger partial charge is 0.385 e. The van der Waals surface area contributed by atoms with Crippen molar-refractivity contribution in [1.29, 1.82) is 0 Å². The molecule has 0 aliphatic carbocycles. The molecule has 3 heterocycles. The Labute approximate surface area is 110 Å². The number of aliphatic hydroxyl groups excluding tert-OH is 2. The molecule has 1 saturated heterocycles. The van der Waals surface area contributed by atoms with Crippen LogP contribution < -0.4 is 11.3 Å².